The van der Waals surface area contributed by atoms with Gasteiger partial charge in [0.15, 0.2) is 0 Å². The predicted molar refractivity (Wildman–Crippen MR) is 84.7 cm³/mol. The summed E-state index contributed by atoms with van der Waals surface area (Å²) in [5, 5.41) is 18.1. The van der Waals surface area contributed by atoms with Gasteiger partial charge in [-0.05, 0) is 18.6 Å². The van der Waals surface area contributed by atoms with Gasteiger partial charge in [-0.25, -0.2) is 0 Å². The van der Waals surface area contributed by atoms with Crippen LogP contribution in [0.25, 0.3) is 0 Å². The monoisotopic (exact) mass is 320 g/mol. The van der Waals surface area contributed by atoms with Gasteiger partial charge in [-0.3, -0.25) is 0 Å². The molecule has 5 nitrogen and oxygen atoms in total. The Morgan fingerprint density at radius 3 is 2.41 bits per heavy atom. The first kappa shape index (κ1) is 18.5. The summed E-state index contributed by atoms with van der Waals surface area (Å²) in [5.41, 5.74) is 0.888. The molecule has 0 atom stereocenters. The zero-order valence-electron chi connectivity index (χ0n) is 12.7. The van der Waals surface area contributed by atoms with Crippen LogP contribution in [0.4, 0.5) is 0 Å². The predicted octanol–water partition coefficient (Wildman–Crippen LogP) is 2.59. The first-order valence-corrected chi connectivity index (χ1v) is 8.02. The quantitative estimate of drug-likeness (QED) is 0.461. The molecule has 0 aliphatic heterocycles. The van der Waals surface area contributed by atoms with E-state index in [1.54, 1.807) is 31.0 Å². The van der Waals surface area contributed by atoms with Crippen LogP contribution < -0.4 is 0 Å². The lowest BCUT2D eigenvalue weighted by molar-refractivity contribution is 0.0252. The minimum atomic E-state index is 0.428. The molecule has 0 unspecified atom stereocenters. The molecule has 0 radical (unpaired) electrons. The molecule has 22 heavy (non-hydrogen) atoms. The fraction of sp³-hybridized carbons (Fsp3) is 0.500. The van der Waals surface area contributed by atoms with Crippen molar-refractivity contribution in [1.82, 2.24) is 0 Å². The summed E-state index contributed by atoms with van der Waals surface area (Å²) in [4.78, 5) is 0.851. The van der Waals surface area contributed by atoms with Gasteiger partial charge in [-0.2, -0.15) is 10.5 Å². The molecule has 0 saturated carbocycles. The Morgan fingerprint density at radius 2 is 1.73 bits per heavy atom. The standard InChI is InChI=1S/C16H20N2O3S/c1-19-7-8-21-10-9-20-6-3-11-22-16-5-2-4-14(12-17)15(16)13-18/h2,4-5H,3,6-11H2,1H3. The van der Waals surface area contributed by atoms with Crippen LogP contribution in [0.2, 0.25) is 0 Å². The number of hydrogen-bond donors (Lipinski definition) is 0. The van der Waals surface area contributed by atoms with E-state index in [2.05, 4.69) is 6.07 Å². The van der Waals surface area contributed by atoms with Crippen molar-refractivity contribution in [1.29, 1.82) is 10.5 Å². The summed E-state index contributed by atoms with van der Waals surface area (Å²) in [6, 6.07) is 9.47. The number of benzene rings is 1. The van der Waals surface area contributed by atoms with Crippen molar-refractivity contribution in [2.45, 2.75) is 11.3 Å². The fourth-order valence-corrected chi connectivity index (χ4v) is 2.62. The van der Waals surface area contributed by atoms with Gasteiger partial charge in [-0.15, -0.1) is 11.8 Å². The van der Waals surface area contributed by atoms with Crippen LogP contribution in [-0.2, 0) is 14.2 Å². The number of rotatable bonds is 11. The van der Waals surface area contributed by atoms with E-state index in [1.807, 2.05) is 12.1 Å². The highest BCUT2D eigenvalue weighted by Gasteiger charge is 2.07. The molecule has 118 valence electrons. The Bertz CT molecular complexity index is 523. The van der Waals surface area contributed by atoms with Crippen LogP contribution in [0.15, 0.2) is 23.1 Å². The largest absolute Gasteiger partial charge is 0.382 e. The van der Waals surface area contributed by atoms with Crippen LogP contribution in [0, 0.1) is 22.7 Å². The van der Waals surface area contributed by atoms with E-state index in [9.17, 15) is 0 Å². The average molecular weight is 320 g/mol. The van der Waals surface area contributed by atoms with Crippen LogP contribution in [0.1, 0.15) is 17.5 Å². The van der Waals surface area contributed by atoms with Crippen LogP contribution in [0.5, 0.6) is 0 Å². The van der Waals surface area contributed by atoms with E-state index >= 15 is 0 Å². The fourth-order valence-electron chi connectivity index (χ4n) is 1.67. The first-order chi connectivity index (χ1) is 10.8. The molecule has 0 bridgehead atoms. The van der Waals surface area contributed by atoms with Gasteiger partial charge in [0.1, 0.15) is 12.1 Å². The second-order valence-electron chi connectivity index (χ2n) is 4.32. The van der Waals surface area contributed by atoms with Crippen molar-refractivity contribution < 1.29 is 14.2 Å². The van der Waals surface area contributed by atoms with E-state index in [4.69, 9.17) is 24.7 Å². The van der Waals surface area contributed by atoms with Gasteiger partial charge in [0.05, 0.1) is 37.6 Å². The van der Waals surface area contributed by atoms with Crippen LogP contribution in [0.3, 0.4) is 0 Å². The van der Waals surface area contributed by atoms with Crippen molar-refractivity contribution in [2.75, 3.05) is 45.9 Å². The zero-order chi connectivity index (χ0) is 16.0. The lowest BCUT2D eigenvalue weighted by Crippen LogP contribution is -2.09. The Kier molecular flexibility index (Phi) is 10.1. The van der Waals surface area contributed by atoms with Crippen LogP contribution >= 0.6 is 11.8 Å². The molecule has 6 heteroatoms. The topological polar surface area (TPSA) is 75.3 Å². The van der Waals surface area contributed by atoms with E-state index in [-0.39, 0.29) is 0 Å². The summed E-state index contributed by atoms with van der Waals surface area (Å²) in [6.45, 7) is 2.98. The highest BCUT2D eigenvalue weighted by Crippen LogP contribution is 2.25. The number of thioether (sulfide) groups is 1. The lowest BCUT2D eigenvalue weighted by Gasteiger charge is -2.07. The Morgan fingerprint density at radius 1 is 1.00 bits per heavy atom. The van der Waals surface area contributed by atoms with E-state index < -0.39 is 0 Å². The molecule has 0 amide bonds. The van der Waals surface area contributed by atoms with Crippen LogP contribution in [-0.4, -0.2) is 45.9 Å². The third-order valence-electron chi connectivity index (χ3n) is 2.75. The van der Waals surface area contributed by atoms with Crippen molar-refractivity contribution in [3.63, 3.8) is 0 Å². The molecule has 0 aliphatic carbocycles. The summed E-state index contributed by atoms with van der Waals surface area (Å²) in [5.74, 6) is 0.841. The molecule has 0 aromatic heterocycles. The van der Waals surface area contributed by atoms with Crippen molar-refractivity contribution in [3.05, 3.63) is 29.3 Å². The normalized spacial score (nSPS) is 10.1. The molecule has 1 aromatic rings. The summed E-state index contributed by atoms with van der Waals surface area (Å²) in [6.07, 6.45) is 0.879. The maximum absolute atomic E-state index is 9.13. The molecular weight excluding hydrogens is 300 g/mol. The van der Waals surface area contributed by atoms with E-state index in [0.717, 1.165) is 17.1 Å². The molecule has 0 aliphatic rings. The molecule has 0 heterocycles. The maximum atomic E-state index is 9.13. The Labute approximate surface area is 135 Å². The first-order valence-electron chi connectivity index (χ1n) is 7.04. The summed E-state index contributed by atoms with van der Waals surface area (Å²) in [7, 11) is 1.64. The lowest BCUT2D eigenvalue weighted by atomic mass is 10.1. The van der Waals surface area contributed by atoms with Crippen molar-refractivity contribution in [2.24, 2.45) is 0 Å². The number of methoxy groups -OCH3 is 1. The zero-order valence-corrected chi connectivity index (χ0v) is 13.5. The Balaban J connectivity index is 2.16. The van der Waals surface area contributed by atoms with Crippen molar-refractivity contribution >= 4 is 11.8 Å². The number of nitriles is 2. The molecule has 0 saturated heterocycles. The maximum Gasteiger partial charge on any atom is 0.102 e. The molecular formula is C16H20N2O3S. The highest BCUT2D eigenvalue weighted by molar-refractivity contribution is 7.99. The third-order valence-corrected chi connectivity index (χ3v) is 3.90. The molecule has 0 spiro atoms. The molecule has 1 aromatic carbocycles. The van der Waals surface area contributed by atoms with E-state index in [1.165, 1.54) is 0 Å². The summed E-state index contributed by atoms with van der Waals surface area (Å²) >= 11 is 1.57. The SMILES string of the molecule is COCCOCCOCCCSc1cccc(C#N)c1C#N. The van der Waals surface area contributed by atoms with Crippen molar-refractivity contribution in [3.8, 4) is 12.1 Å². The second-order valence-corrected chi connectivity index (χ2v) is 5.46. The van der Waals surface area contributed by atoms with Gasteiger partial charge >= 0.3 is 0 Å². The minimum Gasteiger partial charge on any atom is -0.382 e. The number of nitrogens with zero attached hydrogens (tertiary/aromatic N) is 2. The smallest absolute Gasteiger partial charge is 0.102 e. The van der Waals surface area contributed by atoms with Gasteiger partial charge < -0.3 is 14.2 Å². The highest BCUT2D eigenvalue weighted by atomic mass is 32.2. The number of ether oxygens (including phenoxy) is 3. The Hall–Kier alpha value is -1.57. The number of hydrogen-bond acceptors (Lipinski definition) is 6. The molecule has 0 N–H and O–H groups in total. The van der Waals surface area contributed by atoms with Gasteiger partial charge in [0.2, 0.25) is 0 Å². The summed E-state index contributed by atoms with van der Waals surface area (Å²) < 4.78 is 15.6. The second kappa shape index (κ2) is 12.0. The van der Waals surface area contributed by atoms with Gasteiger partial charge in [0, 0.05) is 24.4 Å². The minimum absolute atomic E-state index is 0.428. The third kappa shape index (κ3) is 6.93. The molecule has 1 rings (SSSR count). The molecule has 0 fully saturated rings. The van der Waals surface area contributed by atoms with Gasteiger partial charge in [-0.1, -0.05) is 6.07 Å². The van der Waals surface area contributed by atoms with Gasteiger partial charge in [0.25, 0.3) is 0 Å². The average Bonchev–Trinajstić information content (AvgIpc) is 2.56. The van der Waals surface area contributed by atoms with E-state index in [0.29, 0.717) is 44.2 Å².